The fraction of sp³-hybridized carbons (Fsp3) is 0.103. The van der Waals surface area contributed by atoms with Gasteiger partial charge in [-0.1, -0.05) is 36.0 Å². The number of benzene rings is 3. The Hall–Kier alpha value is -4.30. The predicted octanol–water partition coefficient (Wildman–Crippen LogP) is 5.71. The fourth-order valence-electron chi connectivity index (χ4n) is 4.85. The van der Waals surface area contributed by atoms with E-state index in [1.165, 1.54) is 18.2 Å². The summed E-state index contributed by atoms with van der Waals surface area (Å²) in [5.74, 6) is -0.247. The standard InChI is InChI=1S/C29H20FNO5S/c1-35-19-11-13-21-16(14-19)10-12-22-24(21)31(18-7-3-2-4-8-18)28(33)23-25(32)27(29(34)36-26(22)23)37-20-9-5-6-17(30)15-20/h2-9,11,13-15,32H,10,12H2,1H3. The van der Waals surface area contributed by atoms with Gasteiger partial charge in [0.25, 0.3) is 5.56 Å². The van der Waals surface area contributed by atoms with Crippen LogP contribution in [-0.4, -0.2) is 16.8 Å². The maximum atomic E-state index is 14.1. The number of hydrogen-bond donors (Lipinski definition) is 1. The highest BCUT2D eigenvalue weighted by Gasteiger charge is 2.29. The highest BCUT2D eigenvalue weighted by atomic mass is 32.2. The normalized spacial score (nSPS) is 12.3. The van der Waals surface area contributed by atoms with Crippen LogP contribution in [0.2, 0.25) is 0 Å². The van der Waals surface area contributed by atoms with Crippen LogP contribution >= 0.6 is 11.8 Å². The van der Waals surface area contributed by atoms with Gasteiger partial charge in [-0.3, -0.25) is 9.36 Å². The molecule has 8 heteroatoms. The topological polar surface area (TPSA) is 81.7 Å². The number of hydrogen-bond acceptors (Lipinski definition) is 6. The van der Waals surface area contributed by atoms with Crippen LogP contribution in [0.1, 0.15) is 11.1 Å². The van der Waals surface area contributed by atoms with Gasteiger partial charge in [0.2, 0.25) is 0 Å². The summed E-state index contributed by atoms with van der Waals surface area (Å²) in [6.07, 6.45) is 1.11. The highest BCUT2D eigenvalue weighted by Crippen LogP contribution is 2.42. The average molecular weight is 514 g/mol. The minimum atomic E-state index is -0.793. The van der Waals surface area contributed by atoms with Crippen molar-refractivity contribution in [2.24, 2.45) is 0 Å². The first-order valence-electron chi connectivity index (χ1n) is 11.6. The van der Waals surface area contributed by atoms with Gasteiger partial charge < -0.3 is 14.3 Å². The van der Waals surface area contributed by atoms with Crippen molar-refractivity contribution in [3.63, 3.8) is 0 Å². The van der Waals surface area contributed by atoms with Crippen LogP contribution in [0.5, 0.6) is 11.5 Å². The molecule has 0 fully saturated rings. The lowest BCUT2D eigenvalue weighted by Gasteiger charge is -2.25. The summed E-state index contributed by atoms with van der Waals surface area (Å²) >= 11 is 0.852. The summed E-state index contributed by atoms with van der Waals surface area (Å²) in [6, 6.07) is 20.4. The maximum absolute atomic E-state index is 14.1. The van der Waals surface area contributed by atoms with E-state index in [4.69, 9.17) is 9.15 Å². The van der Waals surface area contributed by atoms with Crippen molar-refractivity contribution in [3.05, 3.63) is 111 Å². The minimum Gasteiger partial charge on any atom is -0.505 e. The molecule has 1 N–H and O–H groups in total. The van der Waals surface area contributed by atoms with Crippen LogP contribution in [0.3, 0.4) is 0 Å². The molecule has 5 aromatic rings. The van der Waals surface area contributed by atoms with Gasteiger partial charge in [0, 0.05) is 21.7 Å². The van der Waals surface area contributed by atoms with E-state index in [2.05, 4.69) is 0 Å². The first-order chi connectivity index (χ1) is 18.0. The SMILES string of the molecule is COc1ccc2c(c1)CCc1c-2n(-c2ccccc2)c(=O)c2c(O)c(Sc3cccc(F)c3)c(=O)oc12. The van der Waals surface area contributed by atoms with E-state index >= 15 is 0 Å². The third-order valence-corrected chi connectivity index (χ3v) is 7.56. The Kier molecular flexibility index (Phi) is 5.61. The predicted molar refractivity (Wildman–Crippen MR) is 140 cm³/mol. The van der Waals surface area contributed by atoms with Gasteiger partial charge in [0.15, 0.2) is 11.3 Å². The summed E-state index contributed by atoms with van der Waals surface area (Å²) in [5, 5.41) is 11.2. The van der Waals surface area contributed by atoms with Crippen molar-refractivity contribution >= 4 is 22.7 Å². The largest absolute Gasteiger partial charge is 0.505 e. The van der Waals surface area contributed by atoms with Crippen molar-refractivity contribution in [1.82, 2.24) is 4.57 Å². The molecule has 0 saturated heterocycles. The number of ether oxygens (including phenoxy) is 1. The highest BCUT2D eigenvalue weighted by molar-refractivity contribution is 7.99. The summed E-state index contributed by atoms with van der Waals surface area (Å²) in [7, 11) is 1.60. The van der Waals surface area contributed by atoms with Crippen LogP contribution in [-0.2, 0) is 12.8 Å². The molecule has 0 bridgehead atoms. The Bertz CT molecular complexity index is 1810. The molecule has 0 atom stereocenters. The molecule has 1 aliphatic carbocycles. The number of fused-ring (bicyclic) bond motifs is 5. The number of aromatic hydroxyl groups is 1. The van der Waals surface area contributed by atoms with Crippen molar-refractivity contribution in [1.29, 1.82) is 0 Å². The molecule has 0 amide bonds. The number of aryl methyl sites for hydroxylation is 2. The van der Waals surface area contributed by atoms with Crippen LogP contribution in [0, 0.1) is 5.82 Å². The molecule has 0 saturated carbocycles. The van der Waals surface area contributed by atoms with Gasteiger partial charge in [-0.2, -0.15) is 0 Å². The Balaban J connectivity index is 1.69. The van der Waals surface area contributed by atoms with Gasteiger partial charge in [-0.15, -0.1) is 0 Å². The Morgan fingerprint density at radius 3 is 2.57 bits per heavy atom. The molecule has 6 rings (SSSR count). The smallest absolute Gasteiger partial charge is 0.354 e. The van der Waals surface area contributed by atoms with Crippen LogP contribution < -0.4 is 15.9 Å². The van der Waals surface area contributed by atoms with E-state index in [1.54, 1.807) is 17.7 Å². The third kappa shape index (κ3) is 3.81. The third-order valence-electron chi connectivity index (χ3n) is 6.50. The lowest BCUT2D eigenvalue weighted by molar-refractivity contribution is 0.414. The van der Waals surface area contributed by atoms with Gasteiger partial charge in [0.05, 0.1) is 12.8 Å². The van der Waals surface area contributed by atoms with E-state index in [0.29, 0.717) is 40.4 Å². The van der Waals surface area contributed by atoms with Crippen LogP contribution in [0.25, 0.3) is 27.9 Å². The lowest BCUT2D eigenvalue weighted by Crippen LogP contribution is -2.25. The molecule has 2 aromatic heterocycles. The van der Waals surface area contributed by atoms with Gasteiger partial charge in [0.1, 0.15) is 21.8 Å². The van der Waals surface area contributed by atoms with E-state index in [9.17, 15) is 19.1 Å². The summed E-state index contributed by atoms with van der Waals surface area (Å²) in [6.45, 7) is 0. The van der Waals surface area contributed by atoms with E-state index in [0.717, 1.165) is 22.9 Å². The number of aromatic nitrogens is 1. The molecular weight excluding hydrogens is 493 g/mol. The van der Waals surface area contributed by atoms with Crippen molar-refractivity contribution in [2.45, 2.75) is 22.6 Å². The quantitative estimate of drug-likeness (QED) is 0.331. The van der Waals surface area contributed by atoms with E-state index in [-0.39, 0.29) is 15.9 Å². The number of pyridine rings is 1. The minimum absolute atomic E-state index is 0.0692. The molecule has 37 heavy (non-hydrogen) atoms. The average Bonchev–Trinajstić information content (AvgIpc) is 2.91. The van der Waals surface area contributed by atoms with E-state index < -0.39 is 22.8 Å². The second-order valence-corrected chi connectivity index (χ2v) is 9.74. The molecule has 0 aliphatic heterocycles. The lowest BCUT2D eigenvalue weighted by atomic mass is 9.87. The first kappa shape index (κ1) is 23.1. The molecule has 0 spiro atoms. The number of rotatable bonds is 4. The number of para-hydroxylation sites is 1. The number of methoxy groups -OCH3 is 1. The van der Waals surface area contributed by atoms with Crippen LogP contribution in [0.4, 0.5) is 4.39 Å². The zero-order valence-corrected chi connectivity index (χ0v) is 20.5. The van der Waals surface area contributed by atoms with Gasteiger partial charge in [-0.05, 0) is 66.9 Å². The Morgan fingerprint density at radius 2 is 1.81 bits per heavy atom. The number of nitrogens with zero attached hydrogens (tertiary/aromatic N) is 1. The van der Waals surface area contributed by atoms with Crippen molar-refractivity contribution in [3.8, 4) is 28.4 Å². The summed E-state index contributed by atoms with van der Waals surface area (Å²) < 4.78 is 26.4. The monoisotopic (exact) mass is 513 g/mol. The molecule has 3 aromatic carbocycles. The second kappa shape index (κ2) is 8.97. The first-order valence-corrected chi connectivity index (χ1v) is 12.4. The molecule has 0 unspecified atom stereocenters. The van der Waals surface area contributed by atoms with E-state index in [1.807, 2.05) is 48.5 Å². The molecule has 6 nitrogen and oxygen atoms in total. The Morgan fingerprint density at radius 1 is 1.00 bits per heavy atom. The van der Waals surface area contributed by atoms with Gasteiger partial charge >= 0.3 is 5.63 Å². The molecular formula is C29H20FNO5S. The zero-order valence-electron chi connectivity index (χ0n) is 19.7. The zero-order chi connectivity index (χ0) is 25.7. The van der Waals surface area contributed by atoms with Gasteiger partial charge in [-0.25, -0.2) is 9.18 Å². The molecule has 0 radical (unpaired) electrons. The fourth-order valence-corrected chi connectivity index (χ4v) is 5.72. The Labute approximate surface area is 214 Å². The second-order valence-electron chi connectivity index (χ2n) is 8.66. The summed E-state index contributed by atoms with van der Waals surface area (Å²) in [4.78, 5) is 27.4. The molecule has 1 aliphatic rings. The number of halogens is 1. The van der Waals surface area contributed by atoms with Crippen LogP contribution in [0.15, 0.2) is 96.6 Å². The summed E-state index contributed by atoms with van der Waals surface area (Å²) in [5.41, 5.74) is 2.46. The molecule has 2 heterocycles. The van der Waals surface area contributed by atoms with Crippen molar-refractivity contribution < 1.29 is 18.7 Å². The molecule has 184 valence electrons. The maximum Gasteiger partial charge on any atom is 0.354 e. The van der Waals surface area contributed by atoms with Crippen molar-refractivity contribution in [2.75, 3.05) is 7.11 Å².